The van der Waals surface area contributed by atoms with E-state index in [4.69, 9.17) is 9.47 Å². The highest BCUT2D eigenvalue weighted by atomic mass is 16.5. The van der Waals surface area contributed by atoms with Crippen LogP contribution in [0.3, 0.4) is 0 Å². The lowest BCUT2D eigenvalue weighted by atomic mass is 10.2. The molecule has 128 valence electrons. The molecule has 0 saturated heterocycles. The Hall–Kier alpha value is -3.35. The topological polar surface area (TPSA) is 89.1 Å². The zero-order valence-corrected chi connectivity index (χ0v) is 13.9. The number of para-hydroxylation sites is 2. The fraction of sp³-hybridized carbons (Fsp3) is 0.167. The molecule has 2 heterocycles. The Kier molecular flexibility index (Phi) is 4.94. The number of rotatable bonds is 6. The molecule has 3 aromatic rings. The van der Waals surface area contributed by atoms with Gasteiger partial charge in [-0.15, -0.1) is 0 Å². The fourth-order valence-corrected chi connectivity index (χ4v) is 2.30. The summed E-state index contributed by atoms with van der Waals surface area (Å²) in [5, 5.41) is 2.82. The van der Waals surface area contributed by atoms with Crippen LogP contribution in [0.15, 0.2) is 48.9 Å². The van der Waals surface area contributed by atoms with Crippen LogP contribution in [0.25, 0.3) is 0 Å². The third-order valence-electron chi connectivity index (χ3n) is 3.61. The van der Waals surface area contributed by atoms with Crippen molar-refractivity contribution >= 4 is 5.91 Å². The number of benzene rings is 1. The van der Waals surface area contributed by atoms with Crippen molar-refractivity contribution in [1.29, 1.82) is 0 Å². The molecule has 3 rings (SSSR count). The third kappa shape index (κ3) is 3.77. The highest BCUT2D eigenvalue weighted by molar-refractivity contribution is 5.93. The number of pyridine rings is 1. The first-order chi connectivity index (χ1) is 12.2. The first kappa shape index (κ1) is 16.5. The molecule has 25 heavy (non-hydrogen) atoms. The van der Waals surface area contributed by atoms with Crippen molar-refractivity contribution in [2.24, 2.45) is 0 Å². The number of imidazole rings is 1. The molecule has 0 saturated carbocycles. The van der Waals surface area contributed by atoms with Crippen LogP contribution in [-0.2, 0) is 6.54 Å². The second kappa shape index (κ2) is 7.48. The van der Waals surface area contributed by atoms with Crippen molar-refractivity contribution in [3.05, 3.63) is 65.9 Å². The number of carbonyl (C=O) groups is 1. The first-order valence-corrected chi connectivity index (χ1v) is 7.72. The van der Waals surface area contributed by atoms with Gasteiger partial charge >= 0.3 is 0 Å². The van der Waals surface area contributed by atoms with Gasteiger partial charge < -0.3 is 19.8 Å². The minimum atomic E-state index is -0.258. The van der Waals surface area contributed by atoms with Crippen LogP contribution >= 0.6 is 0 Å². The molecule has 2 N–H and O–H groups in total. The van der Waals surface area contributed by atoms with E-state index in [9.17, 15) is 4.79 Å². The van der Waals surface area contributed by atoms with Crippen LogP contribution in [0.4, 0.5) is 0 Å². The molecule has 0 unspecified atom stereocenters. The molecule has 7 heteroatoms. The molecule has 0 bridgehead atoms. The van der Waals surface area contributed by atoms with Gasteiger partial charge in [0.25, 0.3) is 5.91 Å². The van der Waals surface area contributed by atoms with Crippen LogP contribution in [0.1, 0.15) is 21.7 Å². The summed E-state index contributed by atoms with van der Waals surface area (Å²) >= 11 is 0. The number of hydrogen-bond acceptors (Lipinski definition) is 5. The summed E-state index contributed by atoms with van der Waals surface area (Å²) in [6.07, 6.45) is 3.12. The molecule has 1 amide bonds. The highest BCUT2D eigenvalue weighted by Crippen LogP contribution is 2.31. The number of hydrogen-bond donors (Lipinski definition) is 2. The Labute approximate surface area is 145 Å². The van der Waals surface area contributed by atoms with Crippen LogP contribution in [0.5, 0.6) is 17.4 Å². The van der Waals surface area contributed by atoms with Gasteiger partial charge in [0.2, 0.25) is 5.88 Å². The number of ether oxygens (including phenoxy) is 2. The number of H-pyrrole nitrogens is 1. The predicted octanol–water partition coefficient (Wildman–Crippen LogP) is 2.84. The second-order valence-electron chi connectivity index (χ2n) is 5.28. The molecule has 0 atom stereocenters. The van der Waals surface area contributed by atoms with Gasteiger partial charge in [-0.25, -0.2) is 9.97 Å². The second-order valence-corrected chi connectivity index (χ2v) is 5.28. The average Bonchev–Trinajstić information content (AvgIpc) is 3.07. The maximum atomic E-state index is 12.2. The standard InChI is InChI=1S/C18H18N4O3/c1-12-16(22-11-21-12)17(23)20-10-13-6-5-9-19-18(13)25-15-8-4-3-7-14(15)24-2/h3-9,11H,10H2,1-2H3,(H,20,23)(H,21,22). The van der Waals surface area contributed by atoms with E-state index in [1.54, 1.807) is 38.4 Å². The molecular formula is C18H18N4O3. The molecule has 0 fully saturated rings. The molecule has 0 aliphatic carbocycles. The third-order valence-corrected chi connectivity index (χ3v) is 3.61. The predicted molar refractivity (Wildman–Crippen MR) is 91.8 cm³/mol. The number of methoxy groups -OCH3 is 1. The van der Waals surface area contributed by atoms with E-state index in [1.165, 1.54) is 6.33 Å². The van der Waals surface area contributed by atoms with E-state index in [0.29, 0.717) is 28.8 Å². The van der Waals surface area contributed by atoms with Crippen LogP contribution in [0, 0.1) is 6.92 Å². The Morgan fingerprint density at radius 1 is 1.16 bits per heavy atom. The Bertz CT molecular complexity index is 876. The molecule has 0 radical (unpaired) electrons. The lowest BCUT2D eigenvalue weighted by Crippen LogP contribution is -2.24. The number of aromatic amines is 1. The molecule has 1 aromatic carbocycles. The first-order valence-electron chi connectivity index (χ1n) is 7.72. The van der Waals surface area contributed by atoms with E-state index < -0.39 is 0 Å². The van der Waals surface area contributed by atoms with Crippen molar-refractivity contribution in [3.8, 4) is 17.4 Å². The van der Waals surface area contributed by atoms with E-state index in [-0.39, 0.29) is 12.5 Å². The van der Waals surface area contributed by atoms with Gasteiger partial charge in [-0.05, 0) is 25.1 Å². The van der Waals surface area contributed by atoms with Crippen molar-refractivity contribution in [2.45, 2.75) is 13.5 Å². The van der Waals surface area contributed by atoms with Gasteiger partial charge in [-0.3, -0.25) is 4.79 Å². The molecule has 0 aliphatic heterocycles. The molecule has 0 spiro atoms. The average molecular weight is 338 g/mol. The number of aryl methyl sites for hydroxylation is 1. The maximum Gasteiger partial charge on any atom is 0.272 e. The Balaban J connectivity index is 1.75. The normalized spacial score (nSPS) is 10.3. The Morgan fingerprint density at radius 2 is 1.96 bits per heavy atom. The van der Waals surface area contributed by atoms with E-state index in [0.717, 1.165) is 5.56 Å². The molecule has 7 nitrogen and oxygen atoms in total. The number of nitrogens with zero attached hydrogens (tertiary/aromatic N) is 2. The molecule has 2 aromatic heterocycles. The summed E-state index contributed by atoms with van der Waals surface area (Å²) in [6, 6.07) is 10.9. The van der Waals surface area contributed by atoms with Gasteiger partial charge in [0.1, 0.15) is 5.69 Å². The summed E-state index contributed by atoms with van der Waals surface area (Å²) in [4.78, 5) is 23.3. The van der Waals surface area contributed by atoms with Crippen molar-refractivity contribution in [3.63, 3.8) is 0 Å². The van der Waals surface area contributed by atoms with E-state index in [1.807, 2.05) is 18.2 Å². The number of nitrogens with one attached hydrogen (secondary N) is 2. The van der Waals surface area contributed by atoms with Gasteiger partial charge in [0, 0.05) is 24.0 Å². The summed E-state index contributed by atoms with van der Waals surface area (Å²) < 4.78 is 11.2. The van der Waals surface area contributed by atoms with Gasteiger partial charge in [-0.2, -0.15) is 0 Å². The van der Waals surface area contributed by atoms with Crippen LogP contribution in [0.2, 0.25) is 0 Å². The number of aromatic nitrogens is 3. The molecular weight excluding hydrogens is 320 g/mol. The summed E-state index contributed by atoms with van der Waals surface area (Å²) in [6.45, 7) is 2.06. The largest absolute Gasteiger partial charge is 0.493 e. The van der Waals surface area contributed by atoms with Gasteiger partial charge in [0.05, 0.1) is 13.4 Å². The number of carbonyl (C=O) groups excluding carboxylic acids is 1. The smallest absolute Gasteiger partial charge is 0.272 e. The van der Waals surface area contributed by atoms with Gasteiger partial charge in [-0.1, -0.05) is 18.2 Å². The minimum absolute atomic E-state index is 0.258. The number of amides is 1. The minimum Gasteiger partial charge on any atom is -0.493 e. The Morgan fingerprint density at radius 3 is 2.68 bits per heavy atom. The zero-order chi connectivity index (χ0) is 17.6. The molecule has 0 aliphatic rings. The lowest BCUT2D eigenvalue weighted by Gasteiger charge is -2.12. The summed E-state index contributed by atoms with van der Waals surface area (Å²) in [5.74, 6) is 1.31. The van der Waals surface area contributed by atoms with Crippen molar-refractivity contribution in [1.82, 2.24) is 20.3 Å². The van der Waals surface area contributed by atoms with Crippen LogP contribution < -0.4 is 14.8 Å². The summed E-state index contributed by atoms with van der Waals surface area (Å²) in [7, 11) is 1.58. The monoisotopic (exact) mass is 338 g/mol. The summed E-state index contributed by atoms with van der Waals surface area (Å²) in [5.41, 5.74) is 1.83. The maximum absolute atomic E-state index is 12.2. The fourth-order valence-electron chi connectivity index (χ4n) is 2.30. The van der Waals surface area contributed by atoms with Crippen molar-refractivity contribution in [2.75, 3.05) is 7.11 Å². The quantitative estimate of drug-likeness (QED) is 0.721. The lowest BCUT2D eigenvalue weighted by molar-refractivity contribution is 0.0945. The SMILES string of the molecule is COc1ccccc1Oc1ncccc1CNC(=O)c1nc[nH]c1C. The van der Waals surface area contributed by atoms with Crippen molar-refractivity contribution < 1.29 is 14.3 Å². The highest BCUT2D eigenvalue weighted by Gasteiger charge is 2.14. The van der Waals surface area contributed by atoms with Gasteiger partial charge in [0.15, 0.2) is 11.5 Å². The van der Waals surface area contributed by atoms with E-state index in [2.05, 4.69) is 20.3 Å². The zero-order valence-electron chi connectivity index (χ0n) is 13.9. The van der Waals surface area contributed by atoms with E-state index >= 15 is 0 Å². The van der Waals surface area contributed by atoms with Crippen LogP contribution in [-0.4, -0.2) is 28.0 Å².